The lowest BCUT2D eigenvalue weighted by Gasteiger charge is -2.32. The zero-order valence-corrected chi connectivity index (χ0v) is 15.1. The fraction of sp³-hybridized carbons (Fsp3) is 0.261. The van der Waals surface area contributed by atoms with Crippen molar-refractivity contribution in [2.45, 2.75) is 32.1 Å². The normalized spacial score (nSPS) is 15.3. The van der Waals surface area contributed by atoms with Crippen molar-refractivity contribution >= 4 is 16.7 Å². The van der Waals surface area contributed by atoms with Gasteiger partial charge in [-0.1, -0.05) is 50.2 Å². The van der Waals surface area contributed by atoms with Gasteiger partial charge in [0.15, 0.2) is 0 Å². The first-order chi connectivity index (χ1) is 12.4. The molecule has 3 aromatic rings. The molecule has 0 saturated heterocycles. The Morgan fingerprint density at radius 1 is 1.00 bits per heavy atom. The Labute approximate surface area is 153 Å². The lowest BCUT2D eigenvalue weighted by molar-refractivity contribution is 0.0697. The van der Waals surface area contributed by atoms with E-state index in [4.69, 9.17) is 9.84 Å². The number of hydrogen-bond acceptors (Lipinski definition) is 2. The van der Waals surface area contributed by atoms with Crippen LogP contribution in [0.15, 0.2) is 54.6 Å². The lowest BCUT2D eigenvalue weighted by atomic mass is 9.79. The molecule has 26 heavy (non-hydrogen) atoms. The maximum absolute atomic E-state index is 11.1. The molecule has 1 aliphatic rings. The van der Waals surface area contributed by atoms with Crippen molar-refractivity contribution < 1.29 is 14.6 Å². The van der Waals surface area contributed by atoms with E-state index >= 15 is 0 Å². The van der Waals surface area contributed by atoms with E-state index in [1.165, 1.54) is 16.7 Å². The third-order valence-electron chi connectivity index (χ3n) is 5.32. The van der Waals surface area contributed by atoms with E-state index in [0.29, 0.717) is 5.56 Å². The summed E-state index contributed by atoms with van der Waals surface area (Å²) in [5, 5.41) is 11.1. The van der Waals surface area contributed by atoms with Crippen LogP contribution in [0.5, 0.6) is 5.75 Å². The summed E-state index contributed by atoms with van der Waals surface area (Å²) in [6.45, 7) is 5.32. The van der Waals surface area contributed by atoms with Gasteiger partial charge in [-0.05, 0) is 58.4 Å². The van der Waals surface area contributed by atoms with E-state index in [0.717, 1.165) is 36.0 Å². The topological polar surface area (TPSA) is 46.5 Å². The van der Waals surface area contributed by atoms with E-state index in [1.54, 1.807) is 12.1 Å². The van der Waals surface area contributed by atoms with Gasteiger partial charge in [0.2, 0.25) is 0 Å². The van der Waals surface area contributed by atoms with Crippen molar-refractivity contribution in [2.75, 3.05) is 6.61 Å². The van der Waals surface area contributed by atoms with Crippen molar-refractivity contribution in [3.63, 3.8) is 0 Å². The van der Waals surface area contributed by atoms with Crippen LogP contribution in [0.25, 0.3) is 10.8 Å². The number of carboxylic acids is 1. The number of rotatable bonds is 3. The zero-order chi connectivity index (χ0) is 18.3. The summed E-state index contributed by atoms with van der Waals surface area (Å²) in [6.07, 6.45) is 1.88. The second-order valence-electron chi connectivity index (χ2n) is 7.69. The molecule has 1 heterocycles. The molecule has 132 valence electrons. The second kappa shape index (κ2) is 6.17. The number of ether oxygens (including phenoxy) is 1. The third-order valence-corrected chi connectivity index (χ3v) is 5.32. The van der Waals surface area contributed by atoms with Crippen LogP contribution in [0.4, 0.5) is 0 Å². The molecular formula is C23H22O3. The summed E-state index contributed by atoms with van der Waals surface area (Å²) in [4.78, 5) is 11.1. The summed E-state index contributed by atoms with van der Waals surface area (Å²) in [6, 6.07) is 18.0. The van der Waals surface area contributed by atoms with E-state index in [-0.39, 0.29) is 5.41 Å². The highest BCUT2D eigenvalue weighted by Gasteiger charge is 2.28. The molecule has 0 fully saturated rings. The van der Waals surface area contributed by atoms with Crippen molar-refractivity contribution in [3.05, 3.63) is 76.9 Å². The van der Waals surface area contributed by atoms with E-state index in [2.05, 4.69) is 44.2 Å². The first kappa shape index (κ1) is 16.6. The number of carbonyl (C=O) groups is 1. The second-order valence-corrected chi connectivity index (χ2v) is 7.69. The maximum Gasteiger partial charge on any atom is 0.335 e. The summed E-state index contributed by atoms with van der Waals surface area (Å²) in [5.41, 5.74) is 4.23. The molecule has 1 aliphatic heterocycles. The molecule has 1 N–H and O–H groups in total. The molecule has 0 radical (unpaired) electrons. The van der Waals surface area contributed by atoms with Crippen LogP contribution in [-0.4, -0.2) is 17.7 Å². The maximum atomic E-state index is 11.1. The predicted molar refractivity (Wildman–Crippen MR) is 103 cm³/mol. The summed E-state index contributed by atoms with van der Waals surface area (Å²) in [5.74, 6) is 0.111. The molecule has 0 unspecified atom stereocenters. The van der Waals surface area contributed by atoms with Gasteiger partial charge in [0.1, 0.15) is 5.75 Å². The van der Waals surface area contributed by atoms with Gasteiger partial charge in [-0.3, -0.25) is 0 Å². The number of carboxylic acid groups (broad SMARTS) is 1. The van der Waals surface area contributed by atoms with Crippen molar-refractivity contribution in [2.24, 2.45) is 0 Å². The van der Waals surface area contributed by atoms with Crippen LogP contribution in [-0.2, 0) is 11.8 Å². The molecule has 0 spiro atoms. The van der Waals surface area contributed by atoms with Gasteiger partial charge in [-0.2, -0.15) is 0 Å². The van der Waals surface area contributed by atoms with Crippen LogP contribution >= 0.6 is 0 Å². The van der Waals surface area contributed by atoms with Gasteiger partial charge in [0, 0.05) is 5.56 Å². The Morgan fingerprint density at radius 2 is 1.69 bits per heavy atom. The molecule has 0 saturated carbocycles. The highest BCUT2D eigenvalue weighted by Crippen LogP contribution is 2.39. The Morgan fingerprint density at radius 3 is 2.50 bits per heavy atom. The molecule has 0 aliphatic carbocycles. The van der Waals surface area contributed by atoms with Crippen molar-refractivity contribution in [1.82, 2.24) is 0 Å². The smallest absolute Gasteiger partial charge is 0.335 e. The fourth-order valence-electron chi connectivity index (χ4n) is 3.67. The van der Waals surface area contributed by atoms with Crippen LogP contribution in [0.1, 0.15) is 47.3 Å². The lowest BCUT2D eigenvalue weighted by Crippen LogP contribution is -2.26. The minimum absolute atomic E-state index is 0.139. The standard InChI is InChI=1S/C23H22O3/c1-23(2)9-10-26-21-8-4-16(13-20(21)23)11-15-3-5-18-14-19(22(24)25)7-6-17(18)12-15/h3-8,12-14H,9-11H2,1-2H3,(H,24,25). The van der Waals surface area contributed by atoms with Gasteiger partial charge < -0.3 is 9.84 Å². The molecule has 0 bridgehead atoms. The Hall–Kier alpha value is -2.81. The number of fused-ring (bicyclic) bond motifs is 2. The molecule has 3 nitrogen and oxygen atoms in total. The van der Waals surface area contributed by atoms with Crippen LogP contribution in [0.2, 0.25) is 0 Å². The zero-order valence-electron chi connectivity index (χ0n) is 15.1. The molecule has 0 amide bonds. The highest BCUT2D eigenvalue weighted by molar-refractivity contribution is 5.94. The summed E-state index contributed by atoms with van der Waals surface area (Å²) < 4.78 is 5.80. The molecule has 3 heteroatoms. The minimum atomic E-state index is -0.894. The van der Waals surface area contributed by atoms with Crippen LogP contribution in [0.3, 0.4) is 0 Å². The number of hydrogen-bond donors (Lipinski definition) is 1. The Bertz CT molecular complexity index is 1000. The predicted octanol–water partition coefficient (Wildman–Crippen LogP) is 5.19. The average Bonchev–Trinajstić information content (AvgIpc) is 2.61. The summed E-state index contributed by atoms with van der Waals surface area (Å²) in [7, 11) is 0. The van der Waals surface area contributed by atoms with Crippen molar-refractivity contribution in [3.8, 4) is 5.75 Å². The van der Waals surface area contributed by atoms with Crippen LogP contribution in [0, 0.1) is 0 Å². The van der Waals surface area contributed by atoms with Gasteiger partial charge in [0.05, 0.1) is 12.2 Å². The highest BCUT2D eigenvalue weighted by atomic mass is 16.5. The first-order valence-corrected chi connectivity index (χ1v) is 8.95. The molecule has 0 aromatic heterocycles. The van der Waals surface area contributed by atoms with Gasteiger partial charge >= 0.3 is 5.97 Å². The molecular weight excluding hydrogens is 324 g/mol. The Balaban J connectivity index is 1.65. The summed E-state index contributed by atoms with van der Waals surface area (Å²) >= 11 is 0. The molecule has 4 rings (SSSR count). The number of aromatic carboxylic acids is 1. The van der Waals surface area contributed by atoms with Gasteiger partial charge in [-0.25, -0.2) is 4.79 Å². The number of benzene rings is 3. The SMILES string of the molecule is CC1(C)CCOc2ccc(Cc3ccc4cc(C(=O)O)ccc4c3)cc21. The fourth-order valence-corrected chi connectivity index (χ4v) is 3.67. The molecule has 3 aromatic carbocycles. The van der Waals surface area contributed by atoms with E-state index in [9.17, 15) is 4.79 Å². The van der Waals surface area contributed by atoms with Gasteiger partial charge in [-0.15, -0.1) is 0 Å². The first-order valence-electron chi connectivity index (χ1n) is 8.95. The van der Waals surface area contributed by atoms with Crippen molar-refractivity contribution in [1.29, 1.82) is 0 Å². The van der Waals surface area contributed by atoms with Gasteiger partial charge in [0.25, 0.3) is 0 Å². The third kappa shape index (κ3) is 3.05. The monoisotopic (exact) mass is 346 g/mol. The molecule has 0 atom stereocenters. The average molecular weight is 346 g/mol. The largest absolute Gasteiger partial charge is 0.493 e. The minimum Gasteiger partial charge on any atom is -0.493 e. The van der Waals surface area contributed by atoms with E-state index in [1.807, 2.05) is 12.1 Å². The Kier molecular flexibility index (Phi) is 3.95. The quantitative estimate of drug-likeness (QED) is 0.710. The van der Waals surface area contributed by atoms with Crippen LogP contribution < -0.4 is 4.74 Å². The van der Waals surface area contributed by atoms with E-state index < -0.39 is 5.97 Å².